The Balaban J connectivity index is 2.24. The maximum absolute atomic E-state index is 12.6. The minimum atomic E-state index is -0.365. The van der Waals surface area contributed by atoms with Gasteiger partial charge in [0.1, 0.15) is 0 Å². The van der Waals surface area contributed by atoms with Crippen molar-refractivity contribution >= 4 is 23.2 Å². The number of nitrogens with two attached hydrogens (primary N) is 1. The van der Waals surface area contributed by atoms with Gasteiger partial charge in [-0.15, -0.1) is 0 Å². The Morgan fingerprint density at radius 3 is 3.00 bits per heavy atom. The van der Waals surface area contributed by atoms with Crippen LogP contribution in [0.2, 0.25) is 5.02 Å². The van der Waals surface area contributed by atoms with Crippen molar-refractivity contribution in [3.8, 4) is 0 Å². The van der Waals surface area contributed by atoms with Crippen molar-refractivity contribution in [1.29, 1.82) is 0 Å². The van der Waals surface area contributed by atoms with Gasteiger partial charge in [-0.2, -0.15) is 0 Å². The number of aliphatic hydroxyl groups is 1. The molecule has 0 spiro atoms. The number of rotatable bonds is 3. The summed E-state index contributed by atoms with van der Waals surface area (Å²) < 4.78 is 5.52. The summed E-state index contributed by atoms with van der Waals surface area (Å²) in [7, 11) is 0. The van der Waals surface area contributed by atoms with Crippen LogP contribution in [0.5, 0.6) is 0 Å². The van der Waals surface area contributed by atoms with Gasteiger partial charge in [0, 0.05) is 18.1 Å². The summed E-state index contributed by atoms with van der Waals surface area (Å²) in [4.78, 5) is 14.2. The Kier molecular flexibility index (Phi) is 4.82. The van der Waals surface area contributed by atoms with E-state index in [0.717, 1.165) is 0 Å². The van der Waals surface area contributed by atoms with Crippen LogP contribution in [-0.2, 0) is 4.74 Å². The van der Waals surface area contributed by atoms with E-state index in [-0.39, 0.29) is 24.7 Å². The van der Waals surface area contributed by atoms with E-state index < -0.39 is 0 Å². The lowest BCUT2D eigenvalue weighted by atomic mass is 10.1. The molecule has 6 nitrogen and oxygen atoms in total. The van der Waals surface area contributed by atoms with Gasteiger partial charge < -0.3 is 20.2 Å². The fourth-order valence-electron chi connectivity index (χ4n) is 2.30. The van der Waals surface area contributed by atoms with E-state index in [4.69, 9.17) is 22.2 Å². The van der Waals surface area contributed by atoms with Crippen molar-refractivity contribution in [3.05, 3.63) is 28.8 Å². The summed E-state index contributed by atoms with van der Waals surface area (Å²) in [6.45, 7) is 2.55. The van der Waals surface area contributed by atoms with Crippen molar-refractivity contribution in [1.82, 2.24) is 4.90 Å². The summed E-state index contributed by atoms with van der Waals surface area (Å²) in [5.41, 5.74) is 3.41. The van der Waals surface area contributed by atoms with Crippen molar-refractivity contribution in [2.45, 2.75) is 19.1 Å². The molecule has 1 saturated heterocycles. The van der Waals surface area contributed by atoms with Crippen molar-refractivity contribution in [2.75, 3.05) is 25.1 Å². The average molecular weight is 300 g/mol. The maximum Gasteiger partial charge on any atom is 0.256 e. The van der Waals surface area contributed by atoms with E-state index >= 15 is 0 Å². The highest BCUT2D eigenvalue weighted by molar-refractivity contribution is 6.31. The second-order valence-corrected chi connectivity index (χ2v) is 5.23. The zero-order chi connectivity index (χ0) is 14.7. The number of hydrogen-bond acceptors (Lipinski definition) is 5. The zero-order valence-corrected chi connectivity index (χ0v) is 11.9. The molecular formula is C13H18ClN3O3. The van der Waals surface area contributed by atoms with Crippen molar-refractivity contribution < 1.29 is 14.6 Å². The lowest BCUT2D eigenvalue weighted by molar-refractivity contribution is -0.0858. The summed E-state index contributed by atoms with van der Waals surface area (Å²) >= 11 is 5.94. The van der Waals surface area contributed by atoms with E-state index in [9.17, 15) is 9.90 Å². The van der Waals surface area contributed by atoms with Crippen LogP contribution in [0, 0.1) is 0 Å². The molecule has 2 rings (SSSR count). The molecule has 0 bridgehead atoms. The Morgan fingerprint density at radius 2 is 2.35 bits per heavy atom. The Bertz CT molecular complexity index is 498. The molecule has 1 aliphatic rings. The summed E-state index contributed by atoms with van der Waals surface area (Å²) in [5.74, 6) is 5.23. The molecule has 7 heteroatoms. The maximum atomic E-state index is 12.6. The first-order valence-electron chi connectivity index (χ1n) is 6.37. The highest BCUT2D eigenvalue weighted by Gasteiger charge is 2.29. The molecule has 20 heavy (non-hydrogen) atoms. The molecule has 0 radical (unpaired) electrons. The van der Waals surface area contributed by atoms with E-state index in [0.29, 0.717) is 29.4 Å². The number of aliphatic hydroxyl groups excluding tert-OH is 1. The second kappa shape index (κ2) is 6.41. The molecule has 2 atom stereocenters. The minimum absolute atomic E-state index is 0.119. The van der Waals surface area contributed by atoms with E-state index in [2.05, 4.69) is 5.43 Å². The van der Waals surface area contributed by atoms with Crippen LogP contribution in [-0.4, -0.2) is 47.8 Å². The van der Waals surface area contributed by atoms with Crippen LogP contribution < -0.4 is 11.3 Å². The first kappa shape index (κ1) is 15.1. The van der Waals surface area contributed by atoms with E-state index in [1.165, 1.54) is 0 Å². The van der Waals surface area contributed by atoms with Crippen LogP contribution in [0.25, 0.3) is 0 Å². The van der Waals surface area contributed by atoms with Crippen molar-refractivity contribution in [3.63, 3.8) is 0 Å². The SMILES string of the molecule is CC1CN(C(=O)c2cc(Cl)ccc2NN)CC(CO)O1. The van der Waals surface area contributed by atoms with Crippen LogP contribution in [0.4, 0.5) is 5.69 Å². The molecule has 1 aromatic rings. The molecule has 1 heterocycles. The third-order valence-electron chi connectivity index (χ3n) is 3.18. The van der Waals surface area contributed by atoms with Crippen molar-refractivity contribution in [2.24, 2.45) is 5.84 Å². The minimum Gasteiger partial charge on any atom is -0.394 e. The number of hydrazine groups is 1. The highest BCUT2D eigenvalue weighted by atomic mass is 35.5. The molecular weight excluding hydrogens is 282 g/mol. The number of anilines is 1. The molecule has 1 aromatic carbocycles. The van der Waals surface area contributed by atoms with E-state index in [1.54, 1.807) is 23.1 Å². The number of carbonyl (C=O) groups excluding carboxylic acids is 1. The number of hydrogen-bond donors (Lipinski definition) is 3. The standard InChI is InChI=1S/C13H18ClN3O3/c1-8-5-17(6-10(7-18)20-8)13(19)11-4-9(14)2-3-12(11)16-15/h2-4,8,10,16,18H,5-7,15H2,1H3. The number of halogens is 1. The molecule has 0 aromatic heterocycles. The first-order chi connectivity index (χ1) is 9.55. The van der Waals surface area contributed by atoms with Crippen LogP contribution in [0.15, 0.2) is 18.2 Å². The lowest BCUT2D eigenvalue weighted by Crippen LogP contribution is -2.50. The number of nitrogen functional groups attached to an aromatic ring is 1. The summed E-state index contributed by atoms with van der Waals surface area (Å²) in [6, 6.07) is 4.89. The van der Waals surface area contributed by atoms with Crippen LogP contribution in [0.1, 0.15) is 17.3 Å². The Labute approximate surface area is 122 Å². The number of nitrogens with one attached hydrogen (secondary N) is 1. The monoisotopic (exact) mass is 299 g/mol. The Hall–Kier alpha value is -1.34. The number of amides is 1. The zero-order valence-electron chi connectivity index (χ0n) is 11.2. The quantitative estimate of drug-likeness (QED) is 0.569. The van der Waals surface area contributed by atoms with E-state index in [1.807, 2.05) is 6.92 Å². The molecule has 1 amide bonds. The predicted octanol–water partition coefficient (Wildman–Crippen LogP) is 0.847. The number of nitrogens with zero attached hydrogens (tertiary/aromatic N) is 1. The highest BCUT2D eigenvalue weighted by Crippen LogP contribution is 2.23. The van der Waals surface area contributed by atoms with Gasteiger partial charge >= 0.3 is 0 Å². The van der Waals surface area contributed by atoms with Gasteiger partial charge in [-0.25, -0.2) is 0 Å². The first-order valence-corrected chi connectivity index (χ1v) is 6.74. The van der Waals surface area contributed by atoms with Gasteiger partial charge in [-0.1, -0.05) is 11.6 Å². The van der Waals surface area contributed by atoms with Gasteiger partial charge in [0.2, 0.25) is 0 Å². The largest absolute Gasteiger partial charge is 0.394 e. The molecule has 110 valence electrons. The predicted molar refractivity (Wildman–Crippen MR) is 76.6 cm³/mol. The summed E-state index contributed by atoms with van der Waals surface area (Å²) in [6.07, 6.45) is -0.491. The van der Waals surface area contributed by atoms with Gasteiger partial charge in [-0.05, 0) is 25.1 Å². The fraction of sp³-hybridized carbons (Fsp3) is 0.462. The normalized spacial score (nSPS) is 22.7. The molecule has 1 fully saturated rings. The number of carbonyl (C=O) groups is 1. The smallest absolute Gasteiger partial charge is 0.256 e. The fourth-order valence-corrected chi connectivity index (χ4v) is 2.47. The van der Waals surface area contributed by atoms with Gasteiger partial charge in [0.25, 0.3) is 5.91 Å². The number of morpholine rings is 1. The third kappa shape index (κ3) is 3.21. The Morgan fingerprint density at radius 1 is 1.60 bits per heavy atom. The third-order valence-corrected chi connectivity index (χ3v) is 3.42. The second-order valence-electron chi connectivity index (χ2n) is 4.80. The molecule has 0 aliphatic carbocycles. The van der Waals surface area contributed by atoms with Gasteiger partial charge in [-0.3, -0.25) is 10.6 Å². The average Bonchev–Trinajstić information content (AvgIpc) is 2.45. The molecule has 4 N–H and O–H groups in total. The molecule has 1 aliphatic heterocycles. The lowest BCUT2D eigenvalue weighted by Gasteiger charge is -2.36. The van der Waals surface area contributed by atoms with Gasteiger partial charge in [0.05, 0.1) is 30.1 Å². The number of ether oxygens (including phenoxy) is 1. The van der Waals surface area contributed by atoms with Crippen LogP contribution in [0.3, 0.4) is 0 Å². The topological polar surface area (TPSA) is 87.8 Å². The molecule has 2 unspecified atom stereocenters. The summed E-state index contributed by atoms with van der Waals surface area (Å²) in [5, 5.41) is 9.67. The number of benzene rings is 1. The molecule has 0 saturated carbocycles. The van der Waals surface area contributed by atoms with Gasteiger partial charge in [0.15, 0.2) is 0 Å². The van der Waals surface area contributed by atoms with Crippen LogP contribution >= 0.6 is 11.6 Å².